The summed E-state index contributed by atoms with van der Waals surface area (Å²) in [6.07, 6.45) is 8.89. The molecule has 0 unspecified atom stereocenters. The van der Waals surface area contributed by atoms with Gasteiger partial charge in [0, 0.05) is 12.8 Å². The minimum Gasteiger partial charge on any atom is -0.338 e. The van der Waals surface area contributed by atoms with Crippen molar-refractivity contribution in [3.05, 3.63) is 24.8 Å². The van der Waals surface area contributed by atoms with Gasteiger partial charge in [0.1, 0.15) is 6.04 Å². The summed E-state index contributed by atoms with van der Waals surface area (Å²) >= 11 is 0. The molecule has 2 atom stereocenters. The molecule has 0 aliphatic carbocycles. The molecule has 1 heterocycles. The van der Waals surface area contributed by atoms with Crippen molar-refractivity contribution in [2.45, 2.75) is 31.8 Å². The van der Waals surface area contributed by atoms with Crippen LogP contribution in [0.1, 0.15) is 19.8 Å². The molecule has 0 aromatic rings. The molecule has 10 heavy (non-hydrogen) atoms. The fourth-order valence-corrected chi connectivity index (χ4v) is 1.43. The van der Waals surface area contributed by atoms with E-state index < -0.39 is 0 Å². The van der Waals surface area contributed by atoms with Crippen molar-refractivity contribution in [3.8, 4) is 0 Å². The number of rotatable bonds is 2. The van der Waals surface area contributed by atoms with Crippen LogP contribution >= 0.6 is 0 Å². The third-order valence-electron chi connectivity index (χ3n) is 1.92. The van der Waals surface area contributed by atoms with Crippen molar-refractivity contribution in [1.82, 2.24) is 0 Å². The van der Waals surface area contributed by atoms with Crippen LogP contribution in [0.5, 0.6) is 0 Å². The maximum Gasteiger partial charge on any atom is 0.102 e. The van der Waals surface area contributed by atoms with Crippen LogP contribution in [0.2, 0.25) is 0 Å². The van der Waals surface area contributed by atoms with E-state index in [0.717, 1.165) is 12.5 Å². The number of hydrogen-bond acceptors (Lipinski definition) is 0. The lowest BCUT2D eigenvalue weighted by molar-refractivity contribution is -0.710. The molecule has 56 valence electrons. The SMILES string of the molecule is C=CC[C@H]1CC=C[C@@H](C)[NH2+]1. The standard InChI is InChI=1S/C9H15N/c1-3-5-9-7-4-6-8(2)10-9/h3-4,6,8-10H,1,5,7H2,2H3/p+1/t8-,9+/m1/s1. The summed E-state index contributed by atoms with van der Waals surface area (Å²) in [7, 11) is 0. The van der Waals surface area contributed by atoms with Gasteiger partial charge in [-0.15, -0.1) is 6.58 Å². The molecule has 0 saturated carbocycles. The summed E-state index contributed by atoms with van der Waals surface area (Å²) in [5, 5.41) is 2.40. The molecule has 0 radical (unpaired) electrons. The molecule has 1 aliphatic heterocycles. The molecule has 1 rings (SSSR count). The third kappa shape index (κ3) is 1.99. The molecule has 0 spiro atoms. The van der Waals surface area contributed by atoms with Crippen LogP contribution in [0.25, 0.3) is 0 Å². The summed E-state index contributed by atoms with van der Waals surface area (Å²) in [6.45, 7) is 5.96. The molecular formula is C9H16N+. The Hall–Kier alpha value is -0.560. The summed E-state index contributed by atoms with van der Waals surface area (Å²) < 4.78 is 0. The molecule has 0 saturated heterocycles. The molecule has 0 fully saturated rings. The van der Waals surface area contributed by atoms with Crippen molar-refractivity contribution in [1.29, 1.82) is 0 Å². The molecule has 1 nitrogen and oxygen atoms in total. The van der Waals surface area contributed by atoms with Crippen LogP contribution in [0, 0.1) is 0 Å². The highest BCUT2D eigenvalue weighted by atomic mass is 14.9. The van der Waals surface area contributed by atoms with E-state index in [1.807, 2.05) is 6.08 Å². The lowest BCUT2D eigenvalue weighted by atomic mass is 10.0. The van der Waals surface area contributed by atoms with Crippen molar-refractivity contribution in [2.75, 3.05) is 0 Å². The van der Waals surface area contributed by atoms with Gasteiger partial charge in [0.15, 0.2) is 0 Å². The molecule has 1 aliphatic rings. The predicted octanol–water partition coefficient (Wildman–Crippen LogP) is 0.843. The molecular weight excluding hydrogens is 122 g/mol. The summed E-state index contributed by atoms with van der Waals surface area (Å²) in [5.74, 6) is 0. The van der Waals surface area contributed by atoms with Crippen LogP contribution in [0.3, 0.4) is 0 Å². The van der Waals surface area contributed by atoms with E-state index >= 15 is 0 Å². The average Bonchev–Trinajstić information content (AvgIpc) is 1.88. The second-order valence-electron chi connectivity index (χ2n) is 3.00. The normalized spacial score (nSPS) is 32.1. The van der Waals surface area contributed by atoms with Crippen LogP contribution < -0.4 is 5.32 Å². The zero-order valence-electron chi connectivity index (χ0n) is 6.59. The Labute approximate surface area is 62.8 Å². The summed E-state index contributed by atoms with van der Waals surface area (Å²) in [6, 6.07) is 1.41. The lowest BCUT2D eigenvalue weighted by Gasteiger charge is -2.19. The number of quaternary nitrogens is 1. The Morgan fingerprint density at radius 2 is 2.60 bits per heavy atom. The second-order valence-corrected chi connectivity index (χ2v) is 3.00. The third-order valence-corrected chi connectivity index (χ3v) is 1.92. The first-order valence-electron chi connectivity index (χ1n) is 3.95. The van der Waals surface area contributed by atoms with Crippen LogP contribution in [0.15, 0.2) is 24.8 Å². The summed E-state index contributed by atoms with van der Waals surface area (Å²) in [4.78, 5) is 0. The topological polar surface area (TPSA) is 16.6 Å². The Bertz CT molecular complexity index is 138. The average molecular weight is 138 g/mol. The van der Waals surface area contributed by atoms with Gasteiger partial charge in [-0.25, -0.2) is 0 Å². The van der Waals surface area contributed by atoms with E-state index in [1.165, 1.54) is 6.42 Å². The fourth-order valence-electron chi connectivity index (χ4n) is 1.43. The van der Waals surface area contributed by atoms with Gasteiger partial charge in [0.25, 0.3) is 0 Å². The van der Waals surface area contributed by atoms with Crippen LogP contribution in [-0.4, -0.2) is 12.1 Å². The largest absolute Gasteiger partial charge is 0.338 e. The van der Waals surface area contributed by atoms with Gasteiger partial charge in [-0.2, -0.15) is 0 Å². The van der Waals surface area contributed by atoms with Gasteiger partial charge in [0.2, 0.25) is 0 Å². The summed E-state index contributed by atoms with van der Waals surface area (Å²) in [5.41, 5.74) is 0. The molecule has 0 bridgehead atoms. The van der Waals surface area contributed by atoms with E-state index in [2.05, 4.69) is 31.0 Å². The molecule has 0 aromatic carbocycles. The van der Waals surface area contributed by atoms with Gasteiger partial charge < -0.3 is 5.32 Å². The quantitative estimate of drug-likeness (QED) is 0.545. The van der Waals surface area contributed by atoms with Gasteiger partial charge in [-0.3, -0.25) is 0 Å². The van der Waals surface area contributed by atoms with Crippen molar-refractivity contribution >= 4 is 0 Å². The first-order valence-corrected chi connectivity index (χ1v) is 3.95. The van der Waals surface area contributed by atoms with E-state index in [9.17, 15) is 0 Å². The highest BCUT2D eigenvalue weighted by molar-refractivity contribution is 4.92. The van der Waals surface area contributed by atoms with Gasteiger partial charge >= 0.3 is 0 Å². The highest BCUT2D eigenvalue weighted by Crippen LogP contribution is 2.00. The van der Waals surface area contributed by atoms with E-state index in [0.29, 0.717) is 6.04 Å². The maximum absolute atomic E-state index is 3.74. The monoisotopic (exact) mass is 138 g/mol. The number of nitrogens with two attached hydrogens (primary N) is 1. The minimum absolute atomic E-state index is 0.665. The van der Waals surface area contributed by atoms with Crippen molar-refractivity contribution < 1.29 is 5.32 Å². The Morgan fingerprint density at radius 3 is 3.20 bits per heavy atom. The van der Waals surface area contributed by atoms with E-state index in [1.54, 1.807) is 0 Å². The minimum atomic E-state index is 0.665. The fraction of sp³-hybridized carbons (Fsp3) is 0.556. The van der Waals surface area contributed by atoms with Crippen LogP contribution in [-0.2, 0) is 0 Å². The van der Waals surface area contributed by atoms with Crippen molar-refractivity contribution in [2.24, 2.45) is 0 Å². The Kier molecular flexibility index (Phi) is 2.69. The zero-order valence-corrected chi connectivity index (χ0v) is 6.59. The molecule has 0 aromatic heterocycles. The zero-order chi connectivity index (χ0) is 7.40. The lowest BCUT2D eigenvalue weighted by Crippen LogP contribution is -2.94. The van der Waals surface area contributed by atoms with Gasteiger partial charge in [0.05, 0.1) is 6.04 Å². The second kappa shape index (κ2) is 3.57. The Balaban J connectivity index is 2.36. The Morgan fingerprint density at radius 1 is 1.80 bits per heavy atom. The predicted molar refractivity (Wildman–Crippen MR) is 43.7 cm³/mol. The smallest absolute Gasteiger partial charge is 0.102 e. The molecule has 2 N–H and O–H groups in total. The van der Waals surface area contributed by atoms with E-state index in [4.69, 9.17) is 0 Å². The number of hydrogen-bond donors (Lipinski definition) is 1. The van der Waals surface area contributed by atoms with Crippen molar-refractivity contribution in [3.63, 3.8) is 0 Å². The molecule has 0 amide bonds. The molecule has 1 heteroatoms. The van der Waals surface area contributed by atoms with Gasteiger partial charge in [-0.05, 0) is 13.0 Å². The van der Waals surface area contributed by atoms with Crippen LogP contribution in [0.4, 0.5) is 0 Å². The van der Waals surface area contributed by atoms with Gasteiger partial charge in [-0.1, -0.05) is 12.2 Å². The van der Waals surface area contributed by atoms with E-state index in [-0.39, 0.29) is 0 Å². The maximum atomic E-state index is 3.74. The highest BCUT2D eigenvalue weighted by Gasteiger charge is 2.14. The first-order chi connectivity index (χ1) is 4.83. The first kappa shape index (κ1) is 7.55.